The fraction of sp³-hybridized carbons (Fsp3) is 0.158. The van der Waals surface area contributed by atoms with Crippen LogP contribution in [0.5, 0.6) is 17.2 Å². The maximum Gasteiger partial charge on any atom is 0.266 e. The van der Waals surface area contributed by atoms with Crippen molar-refractivity contribution in [3.63, 3.8) is 0 Å². The van der Waals surface area contributed by atoms with Gasteiger partial charge in [-0.15, -0.1) is 0 Å². The largest absolute Gasteiger partial charge is 0.496 e. The summed E-state index contributed by atoms with van der Waals surface area (Å²) in [6.07, 6.45) is 1.40. The average Bonchev–Trinajstić information content (AvgIpc) is 2.65. The number of hydrogen-bond donors (Lipinski definition) is 1. The van der Waals surface area contributed by atoms with Crippen molar-refractivity contribution in [3.05, 3.63) is 52.6 Å². The number of nitrogens with zero attached hydrogens (tertiary/aromatic N) is 1. The fourth-order valence-electron chi connectivity index (χ4n) is 2.23. The normalized spacial score (nSPS) is 10.7. The Morgan fingerprint density at radius 2 is 1.77 bits per heavy atom. The lowest BCUT2D eigenvalue weighted by molar-refractivity contribution is -0.112. The van der Waals surface area contributed by atoms with Gasteiger partial charge in [-0.1, -0.05) is 17.7 Å². The van der Waals surface area contributed by atoms with Crippen molar-refractivity contribution in [2.75, 3.05) is 26.6 Å². The smallest absolute Gasteiger partial charge is 0.266 e. The van der Waals surface area contributed by atoms with Crippen LogP contribution in [0.15, 0.2) is 42.0 Å². The highest BCUT2D eigenvalue weighted by Gasteiger charge is 2.16. The van der Waals surface area contributed by atoms with Crippen LogP contribution in [0.25, 0.3) is 6.08 Å². The molecule has 0 fully saturated rings. The maximum atomic E-state index is 12.4. The molecule has 0 saturated carbocycles. The molecule has 0 spiro atoms. The van der Waals surface area contributed by atoms with Crippen LogP contribution < -0.4 is 19.5 Å². The van der Waals surface area contributed by atoms with Crippen LogP contribution in [-0.4, -0.2) is 27.2 Å². The summed E-state index contributed by atoms with van der Waals surface area (Å²) in [5.41, 5.74) is 0.817. The van der Waals surface area contributed by atoms with Crippen molar-refractivity contribution < 1.29 is 19.0 Å². The van der Waals surface area contributed by atoms with Gasteiger partial charge in [0.15, 0.2) is 0 Å². The van der Waals surface area contributed by atoms with Gasteiger partial charge in [-0.05, 0) is 24.3 Å². The number of halogens is 1. The van der Waals surface area contributed by atoms with Gasteiger partial charge in [0.2, 0.25) is 0 Å². The standard InChI is InChI=1S/C19H17ClN2O4/c1-24-15-9-17(25-2)16(18(10-15)26-3)7-12(11-21)19(23)22-14-6-4-5-13(20)8-14/h4-10H,1-3H3,(H,22,23)/b12-7-. The van der Waals surface area contributed by atoms with Crippen molar-refractivity contribution in [1.82, 2.24) is 0 Å². The zero-order valence-corrected chi connectivity index (χ0v) is 15.3. The quantitative estimate of drug-likeness (QED) is 0.614. The molecule has 134 valence electrons. The highest BCUT2D eigenvalue weighted by Crippen LogP contribution is 2.35. The van der Waals surface area contributed by atoms with E-state index < -0.39 is 5.91 Å². The van der Waals surface area contributed by atoms with E-state index in [1.54, 1.807) is 36.4 Å². The lowest BCUT2D eigenvalue weighted by Crippen LogP contribution is -2.13. The van der Waals surface area contributed by atoms with Gasteiger partial charge in [-0.25, -0.2) is 0 Å². The molecule has 1 N–H and O–H groups in total. The summed E-state index contributed by atoms with van der Waals surface area (Å²) in [5.74, 6) is 0.765. The summed E-state index contributed by atoms with van der Waals surface area (Å²) in [6, 6.07) is 11.8. The SMILES string of the molecule is COc1cc(OC)c(/C=C(/C#N)C(=O)Nc2cccc(Cl)c2)c(OC)c1. The Morgan fingerprint density at radius 3 is 2.27 bits per heavy atom. The first-order chi connectivity index (χ1) is 12.5. The first kappa shape index (κ1) is 19.2. The summed E-state index contributed by atoms with van der Waals surface area (Å²) >= 11 is 5.90. The maximum absolute atomic E-state index is 12.4. The third-order valence-electron chi connectivity index (χ3n) is 3.49. The summed E-state index contributed by atoms with van der Waals surface area (Å²) in [6.45, 7) is 0. The van der Waals surface area contributed by atoms with Crippen molar-refractivity contribution in [2.24, 2.45) is 0 Å². The molecule has 0 aliphatic heterocycles. The Kier molecular flexibility index (Phi) is 6.48. The van der Waals surface area contributed by atoms with Crippen molar-refractivity contribution in [3.8, 4) is 23.3 Å². The van der Waals surface area contributed by atoms with Gasteiger partial charge in [-0.2, -0.15) is 5.26 Å². The molecule has 0 radical (unpaired) electrons. The Labute approximate surface area is 156 Å². The van der Waals surface area contributed by atoms with E-state index in [-0.39, 0.29) is 5.57 Å². The van der Waals surface area contributed by atoms with Gasteiger partial charge < -0.3 is 19.5 Å². The molecule has 0 aliphatic carbocycles. The molecular weight excluding hydrogens is 356 g/mol. The molecule has 0 heterocycles. The predicted octanol–water partition coefficient (Wildman–Crippen LogP) is 3.91. The zero-order valence-electron chi connectivity index (χ0n) is 14.5. The molecule has 0 atom stereocenters. The number of anilines is 1. The topological polar surface area (TPSA) is 80.6 Å². The second kappa shape index (κ2) is 8.79. The lowest BCUT2D eigenvalue weighted by Gasteiger charge is -2.13. The van der Waals surface area contributed by atoms with E-state index in [1.165, 1.54) is 27.4 Å². The Morgan fingerprint density at radius 1 is 1.12 bits per heavy atom. The average molecular weight is 373 g/mol. The number of carbonyl (C=O) groups excluding carboxylic acids is 1. The molecule has 0 unspecified atom stereocenters. The summed E-state index contributed by atoms with van der Waals surface area (Å²) in [5, 5.41) is 12.5. The number of rotatable bonds is 6. The van der Waals surface area contributed by atoms with Crippen LogP contribution in [0.3, 0.4) is 0 Å². The second-order valence-electron chi connectivity index (χ2n) is 5.08. The number of nitrogens with one attached hydrogen (secondary N) is 1. The minimum Gasteiger partial charge on any atom is -0.496 e. The summed E-state index contributed by atoms with van der Waals surface area (Å²) in [4.78, 5) is 12.4. The van der Waals surface area contributed by atoms with Crippen molar-refractivity contribution in [1.29, 1.82) is 5.26 Å². The zero-order chi connectivity index (χ0) is 19.1. The summed E-state index contributed by atoms with van der Waals surface area (Å²) < 4.78 is 15.8. The van der Waals surface area contributed by atoms with E-state index in [1.807, 2.05) is 6.07 Å². The minimum atomic E-state index is -0.574. The number of ether oxygens (including phenoxy) is 3. The monoisotopic (exact) mass is 372 g/mol. The highest BCUT2D eigenvalue weighted by molar-refractivity contribution is 6.31. The van der Waals surface area contributed by atoms with Crippen LogP contribution in [0.1, 0.15) is 5.56 Å². The molecule has 6 nitrogen and oxygen atoms in total. The number of amides is 1. The third kappa shape index (κ3) is 4.47. The molecule has 0 saturated heterocycles. The number of methoxy groups -OCH3 is 3. The van der Waals surface area contributed by atoms with Gasteiger partial charge in [-0.3, -0.25) is 4.79 Å². The Balaban J connectivity index is 2.42. The van der Waals surface area contributed by atoms with Gasteiger partial charge in [0.1, 0.15) is 28.9 Å². The van der Waals surface area contributed by atoms with Crippen LogP contribution in [0.2, 0.25) is 5.02 Å². The summed E-state index contributed by atoms with van der Waals surface area (Å²) in [7, 11) is 4.47. The van der Waals surface area contributed by atoms with E-state index >= 15 is 0 Å². The van der Waals surface area contributed by atoms with Crippen LogP contribution in [0.4, 0.5) is 5.69 Å². The van der Waals surface area contributed by atoms with E-state index in [2.05, 4.69) is 5.32 Å². The van der Waals surface area contributed by atoms with Crippen molar-refractivity contribution >= 4 is 29.3 Å². The van der Waals surface area contributed by atoms with E-state index in [0.29, 0.717) is 33.5 Å². The molecule has 2 rings (SSSR count). The molecule has 0 aromatic heterocycles. The van der Waals surface area contributed by atoms with Crippen LogP contribution in [-0.2, 0) is 4.79 Å². The molecule has 7 heteroatoms. The van der Waals surface area contributed by atoms with Gasteiger partial charge in [0, 0.05) is 22.8 Å². The molecule has 1 amide bonds. The molecule has 0 bridgehead atoms. The second-order valence-corrected chi connectivity index (χ2v) is 5.52. The Bertz CT molecular complexity index is 862. The van der Waals surface area contributed by atoms with Gasteiger partial charge in [0.25, 0.3) is 5.91 Å². The minimum absolute atomic E-state index is 0.119. The third-order valence-corrected chi connectivity index (χ3v) is 3.72. The first-order valence-electron chi connectivity index (χ1n) is 7.51. The van der Waals surface area contributed by atoms with Crippen molar-refractivity contribution in [2.45, 2.75) is 0 Å². The molecule has 26 heavy (non-hydrogen) atoms. The van der Waals surface area contributed by atoms with Gasteiger partial charge >= 0.3 is 0 Å². The fourth-order valence-corrected chi connectivity index (χ4v) is 2.42. The van der Waals surface area contributed by atoms with E-state index in [9.17, 15) is 10.1 Å². The lowest BCUT2D eigenvalue weighted by atomic mass is 10.1. The number of benzene rings is 2. The molecule has 2 aromatic rings. The van der Waals surface area contributed by atoms with E-state index in [4.69, 9.17) is 25.8 Å². The molecule has 2 aromatic carbocycles. The van der Waals surface area contributed by atoms with E-state index in [0.717, 1.165) is 0 Å². The number of carbonyl (C=O) groups is 1. The molecule has 0 aliphatic rings. The number of nitriles is 1. The Hall–Kier alpha value is -3.17. The first-order valence-corrected chi connectivity index (χ1v) is 7.89. The van der Waals surface area contributed by atoms with Crippen LogP contribution in [0, 0.1) is 11.3 Å². The molecular formula is C19H17ClN2O4. The predicted molar refractivity (Wildman–Crippen MR) is 99.8 cm³/mol. The van der Waals surface area contributed by atoms with Gasteiger partial charge in [0.05, 0.1) is 26.9 Å². The highest BCUT2D eigenvalue weighted by atomic mass is 35.5. The number of hydrogen-bond acceptors (Lipinski definition) is 5. The van der Waals surface area contributed by atoms with Crippen LogP contribution >= 0.6 is 11.6 Å².